The van der Waals surface area contributed by atoms with Crippen molar-refractivity contribution in [2.75, 3.05) is 0 Å². The average molecular weight is 371 g/mol. The Morgan fingerprint density at radius 2 is 1.88 bits per heavy atom. The summed E-state index contributed by atoms with van der Waals surface area (Å²) < 4.78 is 2.14. The van der Waals surface area contributed by atoms with E-state index in [9.17, 15) is 4.79 Å². The van der Waals surface area contributed by atoms with Crippen LogP contribution in [0.5, 0.6) is 0 Å². The van der Waals surface area contributed by atoms with Crippen LogP contribution in [0.3, 0.4) is 0 Å². The molecule has 1 unspecified atom stereocenters. The topological polar surface area (TPSA) is 34.0 Å². The van der Waals surface area contributed by atoms with Crippen LogP contribution in [0.25, 0.3) is 5.69 Å². The monoisotopic (exact) mass is 370 g/mol. The van der Waals surface area contributed by atoms with Crippen LogP contribution in [0.4, 0.5) is 0 Å². The van der Waals surface area contributed by atoms with Crippen molar-refractivity contribution in [3.05, 3.63) is 87.2 Å². The van der Waals surface area contributed by atoms with Gasteiger partial charge in [0.05, 0.1) is 21.8 Å². The zero-order chi connectivity index (χ0) is 17.6. The SMILES string of the molecule is CC(=O)c1ccc(C2NCc3c(ccc(Cl)c3Cl)-n3cccc32)cc1. The number of hydrogen-bond acceptors (Lipinski definition) is 2. The molecule has 126 valence electrons. The summed E-state index contributed by atoms with van der Waals surface area (Å²) in [6.07, 6.45) is 2.03. The maximum absolute atomic E-state index is 11.5. The van der Waals surface area contributed by atoms with Gasteiger partial charge in [-0.2, -0.15) is 0 Å². The highest BCUT2D eigenvalue weighted by Crippen LogP contribution is 2.36. The fourth-order valence-electron chi connectivity index (χ4n) is 3.33. The van der Waals surface area contributed by atoms with E-state index in [0.717, 1.165) is 22.5 Å². The molecule has 3 aromatic rings. The molecule has 0 saturated heterocycles. The predicted octanol–water partition coefficient (Wildman–Crippen LogP) is 5.18. The fraction of sp³-hybridized carbons (Fsp3) is 0.150. The third-order valence-corrected chi connectivity index (χ3v) is 5.48. The molecule has 2 heterocycles. The van der Waals surface area contributed by atoms with E-state index in [1.807, 2.05) is 48.7 Å². The standard InChI is InChI=1S/C20H16Cl2N2O/c1-12(25)13-4-6-14(7-5-13)20-18-3-2-10-24(18)17-9-8-16(21)19(22)15(17)11-23-20/h2-10,20,23H,11H2,1H3. The van der Waals surface area contributed by atoms with E-state index in [4.69, 9.17) is 23.2 Å². The maximum atomic E-state index is 11.5. The number of rotatable bonds is 2. The van der Waals surface area contributed by atoms with Gasteiger partial charge in [0.25, 0.3) is 0 Å². The molecule has 0 bridgehead atoms. The number of hydrogen-bond donors (Lipinski definition) is 1. The Labute approximate surface area is 156 Å². The van der Waals surface area contributed by atoms with Crippen molar-refractivity contribution in [3.8, 4) is 5.69 Å². The summed E-state index contributed by atoms with van der Waals surface area (Å²) in [6.45, 7) is 2.18. The van der Waals surface area contributed by atoms with E-state index < -0.39 is 0 Å². The molecule has 3 nitrogen and oxygen atoms in total. The number of fused-ring (bicyclic) bond motifs is 3. The molecule has 4 rings (SSSR count). The Bertz CT molecular complexity index is 960. The molecule has 2 aromatic carbocycles. The van der Waals surface area contributed by atoms with Gasteiger partial charge in [-0.3, -0.25) is 4.79 Å². The van der Waals surface area contributed by atoms with Crippen molar-refractivity contribution in [1.29, 1.82) is 0 Å². The van der Waals surface area contributed by atoms with Crippen molar-refractivity contribution >= 4 is 29.0 Å². The first-order valence-corrected chi connectivity index (χ1v) is 8.80. The number of benzene rings is 2. The first-order chi connectivity index (χ1) is 12.1. The van der Waals surface area contributed by atoms with Gasteiger partial charge in [0.1, 0.15) is 0 Å². The number of carbonyl (C=O) groups excluding carboxylic acids is 1. The quantitative estimate of drug-likeness (QED) is 0.630. The van der Waals surface area contributed by atoms with Gasteiger partial charge in [-0.05, 0) is 36.8 Å². The van der Waals surface area contributed by atoms with Crippen LogP contribution in [-0.4, -0.2) is 10.4 Å². The Morgan fingerprint density at radius 1 is 1.12 bits per heavy atom. The summed E-state index contributed by atoms with van der Waals surface area (Å²) in [5.41, 5.74) is 4.94. The van der Waals surface area contributed by atoms with Gasteiger partial charge in [-0.25, -0.2) is 0 Å². The number of halogens is 2. The zero-order valence-corrected chi connectivity index (χ0v) is 15.1. The molecule has 0 aliphatic carbocycles. The molecule has 1 aromatic heterocycles. The number of Topliss-reactive ketones (excluding diaryl/α,β-unsaturated/α-hetero) is 1. The van der Waals surface area contributed by atoms with E-state index in [1.165, 1.54) is 0 Å². The minimum Gasteiger partial charge on any atom is -0.319 e. The van der Waals surface area contributed by atoms with E-state index >= 15 is 0 Å². The second kappa shape index (κ2) is 6.34. The molecule has 1 aliphatic rings. The highest BCUT2D eigenvalue weighted by atomic mass is 35.5. The summed E-state index contributed by atoms with van der Waals surface area (Å²) >= 11 is 12.6. The molecular weight excluding hydrogens is 355 g/mol. The van der Waals surface area contributed by atoms with E-state index in [0.29, 0.717) is 22.2 Å². The number of nitrogens with one attached hydrogen (secondary N) is 1. The van der Waals surface area contributed by atoms with Crippen LogP contribution in [0.2, 0.25) is 10.0 Å². The minimum absolute atomic E-state index is 0.00162. The van der Waals surface area contributed by atoms with Crippen molar-refractivity contribution < 1.29 is 4.79 Å². The van der Waals surface area contributed by atoms with Crippen LogP contribution in [0.1, 0.15) is 40.1 Å². The first kappa shape index (κ1) is 16.4. The normalized spacial score (nSPS) is 16.0. The first-order valence-electron chi connectivity index (χ1n) is 8.05. The third-order valence-electron chi connectivity index (χ3n) is 4.64. The number of ketones is 1. The molecule has 0 saturated carbocycles. The average Bonchev–Trinajstić information content (AvgIpc) is 3.02. The van der Waals surface area contributed by atoms with Crippen LogP contribution < -0.4 is 5.32 Å². The summed E-state index contributed by atoms with van der Waals surface area (Å²) in [5.74, 6) is 0.0672. The summed E-state index contributed by atoms with van der Waals surface area (Å²) in [6, 6.07) is 15.7. The zero-order valence-electron chi connectivity index (χ0n) is 13.6. The van der Waals surface area contributed by atoms with Gasteiger partial charge >= 0.3 is 0 Å². The van der Waals surface area contributed by atoms with Gasteiger partial charge in [0.15, 0.2) is 5.78 Å². The second-order valence-electron chi connectivity index (χ2n) is 6.15. The predicted molar refractivity (Wildman–Crippen MR) is 101 cm³/mol. The molecule has 0 amide bonds. The Kier molecular flexibility index (Phi) is 4.16. The lowest BCUT2D eigenvalue weighted by atomic mass is 10.0. The molecule has 0 fully saturated rings. The number of aromatic nitrogens is 1. The van der Waals surface area contributed by atoms with Crippen molar-refractivity contribution in [2.24, 2.45) is 0 Å². The van der Waals surface area contributed by atoms with Crippen LogP contribution >= 0.6 is 23.2 Å². The molecule has 1 atom stereocenters. The third kappa shape index (κ3) is 2.78. The molecule has 0 spiro atoms. The Balaban J connectivity index is 1.81. The van der Waals surface area contributed by atoms with Crippen LogP contribution in [0, 0.1) is 0 Å². The van der Waals surface area contributed by atoms with Crippen molar-refractivity contribution in [3.63, 3.8) is 0 Å². The summed E-state index contributed by atoms with van der Waals surface area (Å²) in [4.78, 5) is 11.5. The highest BCUT2D eigenvalue weighted by molar-refractivity contribution is 6.42. The molecule has 1 aliphatic heterocycles. The molecule has 0 radical (unpaired) electrons. The Morgan fingerprint density at radius 3 is 2.60 bits per heavy atom. The summed E-state index contributed by atoms with van der Waals surface area (Å²) in [5, 5.41) is 4.70. The van der Waals surface area contributed by atoms with Crippen molar-refractivity contribution in [2.45, 2.75) is 19.5 Å². The molecule has 1 N–H and O–H groups in total. The number of carbonyl (C=O) groups is 1. The van der Waals surface area contributed by atoms with E-state index in [-0.39, 0.29) is 11.8 Å². The van der Waals surface area contributed by atoms with Gasteiger partial charge in [0.2, 0.25) is 0 Å². The van der Waals surface area contributed by atoms with Gasteiger partial charge in [-0.15, -0.1) is 0 Å². The van der Waals surface area contributed by atoms with Crippen LogP contribution in [-0.2, 0) is 6.54 Å². The van der Waals surface area contributed by atoms with Gasteiger partial charge in [0, 0.05) is 29.6 Å². The lowest BCUT2D eigenvalue weighted by Gasteiger charge is -2.18. The second-order valence-corrected chi connectivity index (χ2v) is 6.94. The smallest absolute Gasteiger partial charge is 0.159 e. The summed E-state index contributed by atoms with van der Waals surface area (Å²) in [7, 11) is 0. The lowest BCUT2D eigenvalue weighted by Crippen LogP contribution is -2.21. The highest BCUT2D eigenvalue weighted by Gasteiger charge is 2.24. The van der Waals surface area contributed by atoms with E-state index in [2.05, 4.69) is 16.0 Å². The lowest BCUT2D eigenvalue weighted by molar-refractivity contribution is 0.101. The minimum atomic E-state index is -0.00162. The molecule has 5 heteroatoms. The number of nitrogens with zero attached hydrogens (tertiary/aromatic N) is 1. The fourth-order valence-corrected chi connectivity index (χ4v) is 3.74. The van der Waals surface area contributed by atoms with Crippen LogP contribution in [0.15, 0.2) is 54.7 Å². The van der Waals surface area contributed by atoms with Gasteiger partial charge < -0.3 is 9.88 Å². The molecule has 25 heavy (non-hydrogen) atoms. The maximum Gasteiger partial charge on any atom is 0.159 e. The van der Waals surface area contributed by atoms with Crippen molar-refractivity contribution in [1.82, 2.24) is 9.88 Å². The van der Waals surface area contributed by atoms with Gasteiger partial charge in [-0.1, -0.05) is 47.5 Å². The molecular formula is C20H16Cl2N2O. The Hall–Kier alpha value is -2.07. The largest absolute Gasteiger partial charge is 0.319 e. The van der Waals surface area contributed by atoms with E-state index in [1.54, 1.807) is 6.92 Å².